The molecule has 0 aromatic heterocycles. The fourth-order valence-corrected chi connectivity index (χ4v) is 0.731. The number of hydrogen-bond acceptors (Lipinski definition) is 3. The Morgan fingerprint density at radius 3 is 2.60 bits per heavy atom. The maximum absolute atomic E-state index is 11.1. The third-order valence-electron chi connectivity index (χ3n) is 1.24. The molecule has 0 aliphatic carbocycles. The predicted molar refractivity (Wildman–Crippen MR) is 54.8 cm³/mol. The second-order valence-electron chi connectivity index (χ2n) is 3.89. The largest absolute Gasteiger partial charge is 0.444 e. The predicted octanol–water partition coefficient (Wildman–Crippen LogP) is -0.615. The SMILES string of the molecule is CC(C)(C)OC(=O)NCCC(=[NH2+])N=NN. The Labute approximate surface area is 88.6 Å². The zero-order valence-electron chi connectivity index (χ0n) is 9.28. The summed E-state index contributed by atoms with van der Waals surface area (Å²) in [6.45, 7) is 5.70. The van der Waals surface area contributed by atoms with E-state index in [1.807, 2.05) is 0 Å². The highest BCUT2D eigenvalue weighted by Crippen LogP contribution is 2.06. The molecule has 0 aliphatic heterocycles. The second-order valence-corrected chi connectivity index (χ2v) is 3.89. The highest BCUT2D eigenvalue weighted by atomic mass is 16.6. The van der Waals surface area contributed by atoms with Crippen molar-refractivity contribution in [1.82, 2.24) is 5.32 Å². The number of hydrogen-bond donors (Lipinski definition) is 3. The molecule has 0 saturated heterocycles. The average molecular weight is 216 g/mol. The number of nitrogens with one attached hydrogen (secondary N) is 1. The van der Waals surface area contributed by atoms with E-state index in [2.05, 4.69) is 15.7 Å². The molecule has 0 fully saturated rings. The minimum atomic E-state index is -0.504. The van der Waals surface area contributed by atoms with Gasteiger partial charge in [0, 0.05) is 11.8 Å². The molecule has 7 heteroatoms. The number of carbonyl (C=O) groups excluding carboxylic acids is 1. The van der Waals surface area contributed by atoms with Gasteiger partial charge in [0.05, 0.1) is 11.5 Å². The molecule has 0 spiro atoms. The first-order valence-corrected chi connectivity index (χ1v) is 4.54. The molecule has 0 aromatic rings. The molecule has 0 rings (SSSR count). The molecule has 0 bridgehead atoms. The normalized spacial score (nSPS) is 11.4. The Morgan fingerprint density at radius 1 is 1.53 bits per heavy atom. The zero-order chi connectivity index (χ0) is 11.9. The molecule has 0 aliphatic rings. The lowest BCUT2D eigenvalue weighted by molar-refractivity contribution is -0.118. The van der Waals surface area contributed by atoms with Gasteiger partial charge < -0.3 is 10.1 Å². The van der Waals surface area contributed by atoms with Crippen LogP contribution in [0.25, 0.3) is 0 Å². The first-order valence-electron chi connectivity index (χ1n) is 4.54. The van der Waals surface area contributed by atoms with E-state index in [0.29, 0.717) is 13.0 Å². The maximum Gasteiger partial charge on any atom is 0.407 e. The zero-order valence-corrected chi connectivity index (χ0v) is 9.28. The number of nitrogens with zero attached hydrogens (tertiary/aromatic N) is 2. The maximum atomic E-state index is 11.1. The van der Waals surface area contributed by atoms with Crippen LogP contribution in [0.5, 0.6) is 0 Å². The minimum absolute atomic E-state index is 0.258. The quantitative estimate of drug-likeness (QED) is 0.192. The number of carbonyl (C=O) groups is 1. The lowest BCUT2D eigenvalue weighted by Gasteiger charge is -2.19. The van der Waals surface area contributed by atoms with Crippen LogP contribution in [0, 0.1) is 0 Å². The van der Waals surface area contributed by atoms with Crippen LogP contribution >= 0.6 is 0 Å². The molecule has 15 heavy (non-hydrogen) atoms. The number of amidine groups is 1. The minimum Gasteiger partial charge on any atom is -0.444 e. The topological polar surface area (TPSA) is 115 Å². The van der Waals surface area contributed by atoms with E-state index in [9.17, 15) is 4.79 Å². The van der Waals surface area contributed by atoms with Crippen LogP contribution in [0.1, 0.15) is 27.2 Å². The molecule has 0 radical (unpaired) electrons. The van der Waals surface area contributed by atoms with Gasteiger partial charge in [0.1, 0.15) is 5.60 Å². The first kappa shape index (κ1) is 13.3. The highest BCUT2D eigenvalue weighted by Gasteiger charge is 2.16. The summed E-state index contributed by atoms with van der Waals surface area (Å²) in [5, 5.41) is 14.3. The summed E-state index contributed by atoms with van der Waals surface area (Å²) in [4.78, 5) is 11.1. The van der Waals surface area contributed by atoms with Gasteiger partial charge in [-0.05, 0) is 20.8 Å². The third kappa shape index (κ3) is 8.66. The molecular formula is C8H18N5O2+. The van der Waals surface area contributed by atoms with Gasteiger partial charge in [-0.3, -0.25) is 11.3 Å². The first-order chi connectivity index (χ1) is 6.85. The van der Waals surface area contributed by atoms with Gasteiger partial charge in [0.15, 0.2) is 0 Å². The Morgan fingerprint density at radius 2 is 2.13 bits per heavy atom. The van der Waals surface area contributed by atoms with Crippen LogP contribution < -0.4 is 16.6 Å². The molecule has 5 N–H and O–H groups in total. The van der Waals surface area contributed by atoms with Crippen molar-refractivity contribution in [2.45, 2.75) is 32.8 Å². The molecule has 0 unspecified atom stereocenters. The van der Waals surface area contributed by atoms with Crippen LogP contribution in [0.3, 0.4) is 0 Å². The van der Waals surface area contributed by atoms with E-state index in [4.69, 9.17) is 16.0 Å². The molecule has 86 valence electrons. The van der Waals surface area contributed by atoms with E-state index in [1.54, 1.807) is 20.8 Å². The van der Waals surface area contributed by atoms with Gasteiger partial charge in [-0.2, -0.15) is 0 Å². The Balaban J connectivity index is 3.69. The number of nitrogens with two attached hydrogens (primary N) is 2. The van der Waals surface area contributed by atoms with Crippen molar-refractivity contribution < 1.29 is 14.9 Å². The van der Waals surface area contributed by atoms with Crippen molar-refractivity contribution in [2.75, 3.05) is 6.54 Å². The summed E-state index contributed by atoms with van der Waals surface area (Å²) in [6, 6.07) is 0. The molecule has 0 aromatic carbocycles. The summed E-state index contributed by atoms with van der Waals surface area (Å²) in [5.74, 6) is 5.05. The number of alkyl carbamates (subject to hydrolysis) is 1. The van der Waals surface area contributed by atoms with Gasteiger partial charge in [-0.15, -0.1) is 0 Å². The van der Waals surface area contributed by atoms with Gasteiger partial charge in [-0.25, -0.2) is 4.79 Å². The van der Waals surface area contributed by atoms with E-state index in [0.717, 1.165) is 0 Å². The van der Waals surface area contributed by atoms with Crippen molar-refractivity contribution >= 4 is 11.9 Å². The van der Waals surface area contributed by atoms with Crippen LogP contribution in [-0.2, 0) is 4.74 Å². The Kier molecular flexibility index (Phi) is 5.29. The molecule has 0 saturated carbocycles. The van der Waals surface area contributed by atoms with E-state index < -0.39 is 11.7 Å². The van der Waals surface area contributed by atoms with Crippen molar-refractivity contribution in [3.63, 3.8) is 0 Å². The summed E-state index contributed by atoms with van der Waals surface area (Å²) in [6.07, 6.45) is -0.111. The summed E-state index contributed by atoms with van der Waals surface area (Å²) >= 11 is 0. The third-order valence-corrected chi connectivity index (χ3v) is 1.24. The van der Waals surface area contributed by atoms with Gasteiger partial charge in [0.25, 0.3) is 0 Å². The van der Waals surface area contributed by atoms with Crippen LogP contribution in [0.15, 0.2) is 10.3 Å². The number of amides is 1. The van der Waals surface area contributed by atoms with Gasteiger partial charge in [-0.1, -0.05) is 0 Å². The second kappa shape index (κ2) is 5.94. The summed E-state index contributed by atoms with van der Waals surface area (Å²) < 4.78 is 5.00. The lowest BCUT2D eigenvalue weighted by Crippen LogP contribution is -2.41. The number of ether oxygens (including phenoxy) is 1. The summed E-state index contributed by atoms with van der Waals surface area (Å²) in [7, 11) is 0. The Bertz CT molecular complexity index is 256. The highest BCUT2D eigenvalue weighted by molar-refractivity contribution is 5.77. The van der Waals surface area contributed by atoms with E-state index >= 15 is 0 Å². The van der Waals surface area contributed by atoms with Crippen molar-refractivity contribution in [2.24, 2.45) is 16.2 Å². The van der Waals surface area contributed by atoms with E-state index in [-0.39, 0.29) is 5.84 Å². The van der Waals surface area contributed by atoms with Crippen LogP contribution in [0.4, 0.5) is 4.79 Å². The van der Waals surface area contributed by atoms with Crippen LogP contribution in [0.2, 0.25) is 0 Å². The molecule has 7 nitrogen and oxygen atoms in total. The monoisotopic (exact) mass is 216 g/mol. The smallest absolute Gasteiger partial charge is 0.407 e. The lowest BCUT2D eigenvalue weighted by atomic mass is 10.2. The number of rotatable bonds is 3. The molecule has 0 atom stereocenters. The van der Waals surface area contributed by atoms with Gasteiger partial charge >= 0.3 is 11.9 Å². The molecular weight excluding hydrogens is 198 g/mol. The standard InChI is InChI=1S/C8H17N5O2/c1-8(2,3)15-7(14)11-5-4-6(9)12-13-10/h4-5H2,1-3H3,(H,11,14)(H3,9,10,12)/p+1. The van der Waals surface area contributed by atoms with Crippen molar-refractivity contribution in [3.05, 3.63) is 0 Å². The fourth-order valence-electron chi connectivity index (χ4n) is 0.731. The van der Waals surface area contributed by atoms with Crippen LogP contribution in [-0.4, -0.2) is 24.1 Å². The fraction of sp³-hybridized carbons (Fsp3) is 0.750. The summed E-state index contributed by atoms with van der Waals surface area (Å²) in [5.41, 5.74) is -0.504. The molecule has 1 amide bonds. The average Bonchev–Trinajstić information content (AvgIpc) is 2.00. The van der Waals surface area contributed by atoms with Gasteiger partial charge in [0.2, 0.25) is 0 Å². The van der Waals surface area contributed by atoms with Crippen molar-refractivity contribution in [1.29, 1.82) is 0 Å². The Hall–Kier alpha value is -1.66. The van der Waals surface area contributed by atoms with E-state index in [1.165, 1.54) is 0 Å². The van der Waals surface area contributed by atoms with Crippen molar-refractivity contribution in [3.8, 4) is 0 Å². The molecule has 0 heterocycles.